The molecule has 28 heavy (non-hydrogen) atoms. The van der Waals surface area contributed by atoms with Crippen LogP contribution in [-0.4, -0.2) is 28.7 Å². The molecule has 3 aromatic rings. The van der Waals surface area contributed by atoms with Gasteiger partial charge in [-0.1, -0.05) is 47.5 Å². The van der Waals surface area contributed by atoms with E-state index >= 15 is 0 Å². The Morgan fingerprint density at radius 3 is 2.57 bits per heavy atom. The van der Waals surface area contributed by atoms with Gasteiger partial charge >= 0.3 is 5.97 Å². The molecule has 2 aromatic carbocycles. The van der Waals surface area contributed by atoms with Crippen LogP contribution in [0.3, 0.4) is 0 Å². The predicted molar refractivity (Wildman–Crippen MR) is 106 cm³/mol. The summed E-state index contributed by atoms with van der Waals surface area (Å²) in [5, 5.41) is 10.1. The Hall–Kier alpha value is -2.90. The van der Waals surface area contributed by atoms with E-state index in [2.05, 4.69) is 15.5 Å². The molecule has 1 aromatic heterocycles. The Bertz CT molecular complexity index is 1110. The van der Waals surface area contributed by atoms with Gasteiger partial charge < -0.3 is 10.1 Å². The first kappa shape index (κ1) is 19.9. The molecule has 0 saturated carbocycles. The van der Waals surface area contributed by atoms with Crippen molar-refractivity contribution in [3.05, 3.63) is 74.1 Å². The third-order valence-corrected chi connectivity index (χ3v) is 4.78. The number of ether oxygens (including phenoxy) is 1. The van der Waals surface area contributed by atoms with E-state index in [9.17, 15) is 14.4 Å². The highest BCUT2D eigenvalue weighted by molar-refractivity contribution is 6.42. The fourth-order valence-corrected chi connectivity index (χ4v) is 2.92. The molecule has 0 spiro atoms. The van der Waals surface area contributed by atoms with Gasteiger partial charge in [0.2, 0.25) is 0 Å². The van der Waals surface area contributed by atoms with Gasteiger partial charge in [0, 0.05) is 5.39 Å². The number of esters is 1. The minimum Gasteiger partial charge on any atom is -0.451 e. The highest BCUT2D eigenvalue weighted by Crippen LogP contribution is 2.25. The monoisotopic (exact) mass is 419 g/mol. The number of nitrogens with zero attached hydrogens (tertiary/aromatic N) is 1. The third-order valence-electron chi connectivity index (χ3n) is 4.04. The molecule has 1 unspecified atom stereocenters. The maximum Gasteiger partial charge on any atom is 0.359 e. The van der Waals surface area contributed by atoms with Crippen LogP contribution in [0.15, 0.2) is 47.3 Å². The molecule has 0 aliphatic carbocycles. The number of carbonyl (C=O) groups excluding carboxylic acids is 2. The van der Waals surface area contributed by atoms with Gasteiger partial charge in [-0.2, -0.15) is 5.10 Å². The van der Waals surface area contributed by atoms with Gasteiger partial charge in [-0.15, -0.1) is 0 Å². The molecule has 2 N–H and O–H groups in total. The van der Waals surface area contributed by atoms with E-state index in [4.69, 9.17) is 27.9 Å². The summed E-state index contributed by atoms with van der Waals surface area (Å²) < 4.78 is 5.03. The van der Waals surface area contributed by atoms with Gasteiger partial charge in [0.25, 0.3) is 11.5 Å². The van der Waals surface area contributed by atoms with Crippen LogP contribution in [0.25, 0.3) is 10.8 Å². The molecule has 0 saturated heterocycles. The van der Waals surface area contributed by atoms with Crippen molar-refractivity contribution in [2.45, 2.75) is 13.0 Å². The van der Waals surface area contributed by atoms with E-state index in [0.29, 0.717) is 20.8 Å². The quantitative estimate of drug-likeness (QED) is 0.617. The Morgan fingerprint density at radius 2 is 1.86 bits per heavy atom. The summed E-state index contributed by atoms with van der Waals surface area (Å²) in [5.74, 6) is -1.31. The Balaban J connectivity index is 1.65. The molecule has 0 aliphatic heterocycles. The van der Waals surface area contributed by atoms with Gasteiger partial charge in [0.1, 0.15) is 0 Å². The van der Waals surface area contributed by atoms with Crippen LogP contribution in [0.4, 0.5) is 0 Å². The van der Waals surface area contributed by atoms with E-state index in [-0.39, 0.29) is 11.7 Å². The fourth-order valence-electron chi connectivity index (χ4n) is 2.62. The minimum atomic E-state index is -0.815. The maximum absolute atomic E-state index is 12.3. The number of hydrogen-bond acceptors (Lipinski definition) is 5. The second kappa shape index (κ2) is 8.41. The number of fused-ring (bicyclic) bond motifs is 1. The number of aromatic nitrogens is 2. The zero-order valence-electron chi connectivity index (χ0n) is 14.7. The Morgan fingerprint density at radius 1 is 1.14 bits per heavy atom. The summed E-state index contributed by atoms with van der Waals surface area (Å²) in [4.78, 5) is 36.2. The van der Waals surface area contributed by atoms with Crippen molar-refractivity contribution in [1.82, 2.24) is 15.5 Å². The van der Waals surface area contributed by atoms with Crippen LogP contribution in [0, 0.1) is 0 Å². The number of nitrogens with one attached hydrogen (secondary N) is 2. The number of halogens is 2. The molecule has 1 heterocycles. The van der Waals surface area contributed by atoms with E-state index in [0.717, 1.165) is 5.56 Å². The molecule has 144 valence electrons. The molecule has 0 fully saturated rings. The van der Waals surface area contributed by atoms with Crippen molar-refractivity contribution in [2.24, 2.45) is 0 Å². The molecule has 9 heteroatoms. The van der Waals surface area contributed by atoms with Crippen molar-refractivity contribution in [3.8, 4) is 0 Å². The molecule has 0 bridgehead atoms. The van der Waals surface area contributed by atoms with Crippen molar-refractivity contribution in [2.75, 3.05) is 6.61 Å². The molecular formula is C19H15Cl2N3O4. The van der Waals surface area contributed by atoms with Gasteiger partial charge in [0.15, 0.2) is 12.3 Å². The second-order valence-corrected chi connectivity index (χ2v) is 6.80. The molecule has 1 amide bonds. The molecule has 0 radical (unpaired) electrons. The summed E-state index contributed by atoms with van der Waals surface area (Å²) >= 11 is 11.9. The van der Waals surface area contributed by atoms with Gasteiger partial charge in [-0.05, 0) is 30.7 Å². The first-order valence-electron chi connectivity index (χ1n) is 8.25. The minimum absolute atomic E-state index is 0.0690. The summed E-state index contributed by atoms with van der Waals surface area (Å²) in [6, 6.07) is 11.1. The van der Waals surface area contributed by atoms with Crippen LogP contribution < -0.4 is 10.9 Å². The lowest BCUT2D eigenvalue weighted by molar-refractivity contribution is -0.124. The first-order valence-corrected chi connectivity index (χ1v) is 9.01. The van der Waals surface area contributed by atoms with E-state index in [1.54, 1.807) is 49.4 Å². The number of hydrogen-bond donors (Lipinski definition) is 2. The third kappa shape index (κ3) is 4.32. The smallest absolute Gasteiger partial charge is 0.359 e. The topological polar surface area (TPSA) is 101 Å². The highest BCUT2D eigenvalue weighted by Gasteiger charge is 2.18. The van der Waals surface area contributed by atoms with Gasteiger partial charge in [0.05, 0.1) is 21.5 Å². The number of H-pyrrole nitrogens is 1. The van der Waals surface area contributed by atoms with E-state index in [1.165, 1.54) is 0 Å². The van der Waals surface area contributed by atoms with Gasteiger partial charge in [-0.25, -0.2) is 9.89 Å². The SMILES string of the molecule is CC(NC(=O)COC(=O)c1n[nH]c(=O)c2ccccc12)c1ccc(Cl)c(Cl)c1. The number of aromatic amines is 1. The number of carbonyl (C=O) groups is 2. The first-order chi connectivity index (χ1) is 13.4. The lowest BCUT2D eigenvalue weighted by Gasteiger charge is -2.15. The zero-order valence-corrected chi connectivity index (χ0v) is 16.2. The average Bonchev–Trinajstić information content (AvgIpc) is 2.68. The largest absolute Gasteiger partial charge is 0.451 e. The molecule has 0 aliphatic rings. The van der Waals surface area contributed by atoms with Crippen molar-refractivity contribution < 1.29 is 14.3 Å². The number of amides is 1. The van der Waals surface area contributed by atoms with Crippen LogP contribution in [-0.2, 0) is 9.53 Å². The normalized spacial score (nSPS) is 11.8. The van der Waals surface area contributed by atoms with Crippen LogP contribution in [0.5, 0.6) is 0 Å². The summed E-state index contributed by atoms with van der Waals surface area (Å²) in [5.41, 5.74) is 0.267. The van der Waals surface area contributed by atoms with Crippen molar-refractivity contribution in [1.29, 1.82) is 0 Å². The second-order valence-electron chi connectivity index (χ2n) is 5.99. The standard InChI is InChI=1S/C19H15Cl2N3O4/c1-10(11-6-7-14(20)15(21)8-11)22-16(25)9-28-19(27)17-12-4-2-3-5-13(12)18(26)24-23-17/h2-8,10H,9H2,1H3,(H,22,25)(H,24,26). The van der Waals surface area contributed by atoms with Crippen LogP contribution >= 0.6 is 23.2 Å². The molecule has 7 nitrogen and oxygen atoms in total. The van der Waals surface area contributed by atoms with E-state index < -0.39 is 24.0 Å². The number of benzene rings is 2. The Kier molecular flexibility index (Phi) is 5.96. The molecule has 3 rings (SSSR count). The molecule has 1 atom stereocenters. The molecular weight excluding hydrogens is 405 g/mol. The lowest BCUT2D eigenvalue weighted by Crippen LogP contribution is -2.31. The van der Waals surface area contributed by atoms with Gasteiger partial charge in [-0.3, -0.25) is 9.59 Å². The zero-order chi connectivity index (χ0) is 20.3. The average molecular weight is 420 g/mol. The number of rotatable bonds is 5. The van der Waals surface area contributed by atoms with E-state index in [1.807, 2.05) is 0 Å². The fraction of sp³-hybridized carbons (Fsp3) is 0.158. The van der Waals surface area contributed by atoms with Crippen LogP contribution in [0.2, 0.25) is 10.0 Å². The highest BCUT2D eigenvalue weighted by atomic mass is 35.5. The predicted octanol–water partition coefficient (Wildman–Crippen LogP) is 3.26. The summed E-state index contributed by atoms with van der Waals surface area (Å²) in [6.45, 7) is 1.26. The van der Waals surface area contributed by atoms with Crippen LogP contribution in [0.1, 0.15) is 29.0 Å². The van der Waals surface area contributed by atoms with Crippen molar-refractivity contribution in [3.63, 3.8) is 0 Å². The summed E-state index contributed by atoms with van der Waals surface area (Å²) in [6.07, 6.45) is 0. The Labute approximate surface area is 169 Å². The van der Waals surface area contributed by atoms with Crippen molar-refractivity contribution >= 4 is 45.9 Å². The summed E-state index contributed by atoms with van der Waals surface area (Å²) in [7, 11) is 0. The lowest BCUT2D eigenvalue weighted by atomic mass is 10.1. The maximum atomic E-state index is 12.3.